The first-order chi connectivity index (χ1) is 17.2. The van der Waals surface area contributed by atoms with Crippen LogP contribution in [-0.4, -0.2) is 66.9 Å². The van der Waals surface area contributed by atoms with Crippen LogP contribution >= 0.6 is 0 Å². The van der Waals surface area contributed by atoms with E-state index in [0.29, 0.717) is 30.9 Å². The number of nitrogens with one attached hydrogen (secondary N) is 1. The molecule has 0 saturated carbocycles. The predicted molar refractivity (Wildman–Crippen MR) is 129 cm³/mol. The van der Waals surface area contributed by atoms with Crippen molar-refractivity contribution in [1.82, 2.24) is 14.7 Å². The first-order valence-electron chi connectivity index (χ1n) is 11.2. The van der Waals surface area contributed by atoms with Crippen LogP contribution in [0.25, 0.3) is 5.69 Å². The summed E-state index contributed by atoms with van der Waals surface area (Å²) in [4.78, 5) is 26.4. The van der Waals surface area contributed by atoms with Gasteiger partial charge in [-0.15, -0.1) is 0 Å². The molecule has 0 aliphatic carbocycles. The molecule has 12 heteroatoms. The molecule has 0 radical (unpaired) electrons. The number of amides is 1. The molecule has 2 aromatic carbocycles. The average Bonchev–Trinajstić information content (AvgIpc) is 2.81. The van der Waals surface area contributed by atoms with Crippen molar-refractivity contribution in [2.24, 2.45) is 0 Å². The second-order valence-corrected chi connectivity index (χ2v) is 10.6. The van der Waals surface area contributed by atoms with E-state index in [1.54, 1.807) is 24.3 Å². The molecule has 2 heterocycles. The first-order valence-corrected chi connectivity index (χ1v) is 13.0. The number of benzene rings is 2. The summed E-state index contributed by atoms with van der Waals surface area (Å²) in [5.41, 5.74) is 1.08. The molecule has 1 fully saturated rings. The number of nitrogens with zero attached hydrogens (tertiary/aromatic N) is 3. The molecule has 1 aromatic heterocycles. The molecule has 1 N–H and O–H groups in total. The fourth-order valence-electron chi connectivity index (χ4n) is 3.73. The first kappa shape index (κ1) is 25.5. The molecular formula is C24H24F2N4O5S. The Hall–Kier alpha value is -3.64. The summed E-state index contributed by atoms with van der Waals surface area (Å²) in [6, 6.07) is 11.0. The molecule has 9 nitrogen and oxygen atoms in total. The van der Waals surface area contributed by atoms with Crippen molar-refractivity contribution in [1.29, 1.82) is 0 Å². The number of aromatic nitrogens is 2. The third kappa shape index (κ3) is 6.95. The second-order valence-electron chi connectivity index (χ2n) is 8.33. The Balaban J connectivity index is 1.36. The van der Waals surface area contributed by atoms with E-state index in [0.717, 1.165) is 18.2 Å². The van der Waals surface area contributed by atoms with E-state index >= 15 is 0 Å². The van der Waals surface area contributed by atoms with Gasteiger partial charge in [0, 0.05) is 50.1 Å². The van der Waals surface area contributed by atoms with E-state index in [1.165, 1.54) is 16.9 Å². The molecule has 36 heavy (non-hydrogen) atoms. The lowest BCUT2D eigenvalue weighted by Crippen LogP contribution is -2.42. The van der Waals surface area contributed by atoms with Crippen LogP contribution in [0.3, 0.4) is 0 Å². The third-order valence-corrected chi connectivity index (χ3v) is 7.22. The third-order valence-electron chi connectivity index (χ3n) is 5.61. The highest BCUT2D eigenvalue weighted by molar-refractivity contribution is 7.91. The minimum absolute atomic E-state index is 0.104. The number of halogens is 2. The van der Waals surface area contributed by atoms with Crippen LogP contribution in [0.5, 0.6) is 0 Å². The molecule has 1 saturated heterocycles. The molecule has 0 spiro atoms. The molecule has 0 bridgehead atoms. The Morgan fingerprint density at radius 3 is 2.50 bits per heavy atom. The van der Waals surface area contributed by atoms with Gasteiger partial charge in [-0.05, 0) is 29.8 Å². The molecule has 1 amide bonds. The topological polar surface area (TPSA) is 111 Å². The average molecular weight is 519 g/mol. The van der Waals surface area contributed by atoms with E-state index in [-0.39, 0.29) is 41.3 Å². The number of carbonyl (C=O) groups excluding carboxylic acids is 1. The Morgan fingerprint density at radius 2 is 1.78 bits per heavy atom. The number of hydrogen-bond acceptors (Lipinski definition) is 7. The van der Waals surface area contributed by atoms with Crippen molar-refractivity contribution >= 4 is 21.6 Å². The van der Waals surface area contributed by atoms with Crippen LogP contribution < -0.4 is 10.7 Å². The van der Waals surface area contributed by atoms with E-state index in [1.807, 2.05) is 4.90 Å². The van der Waals surface area contributed by atoms with E-state index < -0.39 is 27.6 Å². The highest BCUT2D eigenvalue weighted by Gasteiger charge is 2.21. The fraction of sp³-hybridized carbons (Fsp3) is 0.292. The van der Waals surface area contributed by atoms with Crippen LogP contribution in [0.4, 0.5) is 19.3 Å². The highest BCUT2D eigenvalue weighted by Crippen LogP contribution is 2.15. The lowest BCUT2D eigenvalue weighted by Gasteiger charge is -2.26. The minimum atomic E-state index is -2.96. The lowest BCUT2D eigenvalue weighted by atomic mass is 10.1. The summed E-state index contributed by atoms with van der Waals surface area (Å²) in [5, 5.41) is 6.84. The maximum Gasteiger partial charge on any atom is 0.411 e. The number of carbonyl (C=O) groups is 1. The number of hydrogen-bond donors (Lipinski definition) is 1. The number of ether oxygens (including phenoxy) is 1. The monoisotopic (exact) mass is 518 g/mol. The Morgan fingerprint density at radius 1 is 1.06 bits per heavy atom. The lowest BCUT2D eigenvalue weighted by molar-refractivity contribution is 0.142. The van der Waals surface area contributed by atoms with Gasteiger partial charge in [0.05, 0.1) is 17.2 Å². The zero-order valence-electron chi connectivity index (χ0n) is 19.2. The predicted octanol–water partition coefficient (Wildman–Crippen LogP) is 2.38. The van der Waals surface area contributed by atoms with Gasteiger partial charge in [-0.25, -0.2) is 26.7 Å². The van der Waals surface area contributed by atoms with Crippen LogP contribution in [0.15, 0.2) is 59.5 Å². The summed E-state index contributed by atoms with van der Waals surface area (Å²) < 4.78 is 56.5. The maximum atomic E-state index is 13.6. The van der Waals surface area contributed by atoms with Gasteiger partial charge in [-0.3, -0.25) is 15.0 Å². The van der Waals surface area contributed by atoms with Gasteiger partial charge in [0.2, 0.25) is 5.43 Å². The molecule has 190 valence electrons. The second kappa shape index (κ2) is 11.0. The van der Waals surface area contributed by atoms with E-state index in [2.05, 4.69) is 10.4 Å². The van der Waals surface area contributed by atoms with Crippen molar-refractivity contribution in [3.05, 3.63) is 87.8 Å². The van der Waals surface area contributed by atoms with Crippen molar-refractivity contribution in [2.75, 3.05) is 43.1 Å². The summed E-state index contributed by atoms with van der Waals surface area (Å²) in [6.07, 6.45) is 0.793. The zero-order chi connectivity index (χ0) is 25.7. The van der Waals surface area contributed by atoms with Crippen LogP contribution in [-0.2, 0) is 21.0 Å². The van der Waals surface area contributed by atoms with Gasteiger partial charge in [0.1, 0.15) is 23.9 Å². The van der Waals surface area contributed by atoms with Crippen LogP contribution in [0, 0.1) is 11.6 Å². The van der Waals surface area contributed by atoms with Crippen molar-refractivity contribution < 1.29 is 26.7 Å². The summed E-state index contributed by atoms with van der Waals surface area (Å²) in [5.74, 6) is -1.32. The fourth-order valence-corrected chi connectivity index (χ4v) is 5.01. The van der Waals surface area contributed by atoms with Gasteiger partial charge in [-0.1, -0.05) is 12.1 Å². The Bertz CT molecular complexity index is 1390. The van der Waals surface area contributed by atoms with Gasteiger partial charge in [-0.2, -0.15) is 5.10 Å². The molecule has 0 atom stereocenters. The number of rotatable bonds is 7. The highest BCUT2D eigenvalue weighted by atomic mass is 32.2. The van der Waals surface area contributed by atoms with Crippen molar-refractivity contribution in [3.63, 3.8) is 0 Å². The van der Waals surface area contributed by atoms with Crippen LogP contribution in [0.1, 0.15) is 11.3 Å². The maximum absolute atomic E-state index is 13.6. The minimum Gasteiger partial charge on any atom is -0.448 e. The summed E-state index contributed by atoms with van der Waals surface area (Å²) >= 11 is 0. The van der Waals surface area contributed by atoms with Gasteiger partial charge in [0.25, 0.3) is 0 Å². The molecule has 0 unspecified atom stereocenters. The number of sulfone groups is 1. The molecule has 1 aliphatic heterocycles. The standard InChI is InChI=1S/C24H24F2N4O5S/c25-18-14-19(26)16-21(15-18)30-5-4-23(31)22(28-30)13-17-2-1-3-20(12-17)27-24(32)35-9-6-29-7-10-36(33,34)11-8-29/h1-5,12,14-16H,6-11,13H2,(H,27,32). The quantitative estimate of drug-likeness (QED) is 0.511. The smallest absolute Gasteiger partial charge is 0.411 e. The van der Waals surface area contributed by atoms with Crippen molar-refractivity contribution in [2.45, 2.75) is 6.42 Å². The largest absolute Gasteiger partial charge is 0.448 e. The van der Waals surface area contributed by atoms with E-state index in [9.17, 15) is 26.8 Å². The molecule has 1 aliphatic rings. The van der Waals surface area contributed by atoms with Gasteiger partial charge < -0.3 is 4.74 Å². The zero-order valence-corrected chi connectivity index (χ0v) is 20.0. The summed E-state index contributed by atoms with van der Waals surface area (Å²) in [7, 11) is -2.96. The van der Waals surface area contributed by atoms with Crippen molar-refractivity contribution in [3.8, 4) is 5.69 Å². The van der Waals surface area contributed by atoms with Gasteiger partial charge >= 0.3 is 6.09 Å². The Labute approximate surface area is 206 Å². The Kier molecular flexibility index (Phi) is 7.75. The normalized spacial score (nSPS) is 15.4. The number of anilines is 1. The molecule has 4 rings (SSSR count). The molecule has 3 aromatic rings. The van der Waals surface area contributed by atoms with E-state index in [4.69, 9.17) is 4.74 Å². The van der Waals surface area contributed by atoms with Crippen LogP contribution in [0.2, 0.25) is 0 Å². The van der Waals surface area contributed by atoms with Gasteiger partial charge in [0.15, 0.2) is 9.84 Å². The summed E-state index contributed by atoms with van der Waals surface area (Å²) in [6.45, 7) is 1.38. The molecular weight excluding hydrogens is 494 g/mol. The SMILES string of the molecule is O=C(Nc1cccc(Cc2nn(-c3cc(F)cc(F)c3)ccc2=O)c1)OCCN1CCS(=O)(=O)CC1.